The highest BCUT2D eigenvalue weighted by Gasteiger charge is 2.46. The fraction of sp³-hybridized carbons (Fsp3) is 0.586. The molecule has 1 amide bonds. The van der Waals surface area contributed by atoms with Crippen molar-refractivity contribution in [3.05, 3.63) is 53.1 Å². The second kappa shape index (κ2) is 9.88. The SMILES string of the molecule is CCCC(CC1CCC2=Cc3c(cnn3-c3ccc(F)cc3)CC21C)NC(=O)C1CCN(C)CC1. The molecule has 188 valence electrons. The topological polar surface area (TPSA) is 50.2 Å². The lowest BCUT2D eigenvalue weighted by molar-refractivity contribution is -0.127. The third-order valence-electron chi connectivity index (χ3n) is 8.86. The summed E-state index contributed by atoms with van der Waals surface area (Å²) < 4.78 is 15.4. The van der Waals surface area contributed by atoms with E-state index >= 15 is 0 Å². The predicted octanol–water partition coefficient (Wildman–Crippen LogP) is 5.38. The van der Waals surface area contributed by atoms with Gasteiger partial charge in [-0.25, -0.2) is 9.07 Å². The Balaban J connectivity index is 1.30. The second-order valence-corrected chi connectivity index (χ2v) is 11.3. The third kappa shape index (κ3) is 4.82. The van der Waals surface area contributed by atoms with E-state index in [4.69, 9.17) is 0 Å². The molecule has 1 aromatic heterocycles. The van der Waals surface area contributed by atoms with Crippen LogP contribution in [0, 0.1) is 23.1 Å². The lowest BCUT2D eigenvalue weighted by Gasteiger charge is -2.38. The van der Waals surface area contributed by atoms with Gasteiger partial charge in [-0.15, -0.1) is 0 Å². The van der Waals surface area contributed by atoms with Gasteiger partial charge in [0.05, 0.1) is 17.6 Å². The van der Waals surface area contributed by atoms with E-state index in [0.29, 0.717) is 5.92 Å². The van der Waals surface area contributed by atoms with Gasteiger partial charge in [0, 0.05) is 12.0 Å². The first kappa shape index (κ1) is 24.2. The van der Waals surface area contributed by atoms with Gasteiger partial charge < -0.3 is 10.2 Å². The van der Waals surface area contributed by atoms with Crippen LogP contribution in [-0.2, 0) is 11.2 Å². The van der Waals surface area contributed by atoms with Crippen molar-refractivity contribution in [2.24, 2.45) is 17.3 Å². The van der Waals surface area contributed by atoms with Crippen LogP contribution in [0.15, 0.2) is 36.0 Å². The molecule has 3 unspecified atom stereocenters. The Morgan fingerprint density at radius 1 is 1.23 bits per heavy atom. The molecule has 3 aliphatic rings. The molecule has 2 aliphatic carbocycles. The number of hydrogen-bond acceptors (Lipinski definition) is 3. The molecule has 3 atom stereocenters. The molecule has 1 N–H and O–H groups in total. The third-order valence-corrected chi connectivity index (χ3v) is 8.86. The highest BCUT2D eigenvalue weighted by atomic mass is 19.1. The van der Waals surface area contributed by atoms with E-state index in [1.165, 1.54) is 29.7 Å². The van der Waals surface area contributed by atoms with E-state index in [9.17, 15) is 9.18 Å². The van der Waals surface area contributed by atoms with Crippen molar-refractivity contribution in [2.45, 2.75) is 71.3 Å². The number of nitrogens with one attached hydrogen (secondary N) is 1. The summed E-state index contributed by atoms with van der Waals surface area (Å²) in [6.45, 7) is 6.66. The van der Waals surface area contributed by atoms with Gasteiger partial charge in [-0.3, -0.25) is 4.79 Å². The van der Waals surface area contributed by atoms with Crippen molar-refractivity contribution in [3.8, 4) is 5.69 Å². The first-order valence-corrected chi connectivity index (χ1v) is 13.4. The van der Waals surface area contributed by atoms with Crippen LogP contribution in [0.4, 0.5) is 4.39 Å². The van der Waals surface area contributed by atoms with Crippen molar-refractivity contribution in [3.63, 3.8) is 0 Å². The van der Waals surface area contributed by atoms with Crippen molar-refractivity contribution < 1.29 is 9.18 Å². The zero-order valence-electron chi connectivity index (χ0n) is 21.4. The number of benzene rings is 1. The van der Waals surface area contributed by atoms with Crippen LogP contribution in [0.5, 0.6) is 0 Å². The number of hydrogen-bond donors (Lipinski definition) is 1. The van der Waals surface area contributed by atoms with Crippen LogP contribution in [0.25, 0.3) is 11.8 Å². The van der Waals surface area contributed by atoms with Crippen molar-refractivity contribution in [2.75, 3.05) is 20.1 Å². The minimum absolute atomic E-state index is 0.105. The summed E-state index contributed by atoms with van der Waals surface area (Å²) in [7, 11) is 2.14. The largest absolute Gasteiger partial charge is 0.353 e. The fourth-order valence-electron chi connectivity index (χ4n) is 6.63. The van der Waals surface area contributed by atoms with E-state index < -0.39 is 0 Å². The molecule has 2 aromatic rings. The lowest BCUT2D eigenvalue weighted by Crippen LogP contribution is -2.44. The van der Waals surface area contributed by atoms with E-state index in [2.05, 4.69) is 42.3 Å². The molecule has 0 bridgehead atoms. The number of fused-ring (bicyclic) bond motifs is 2. The zero-order chi connectivity index (χ0) is 24.6. The Kier molecular flexibility index (Phi) is 6.84. The molecule has 1 saturated carbocycles. The number of aromatic nitrogens is 2. The van der Waals surface area contributed by atoms with Gasteiger partial charge in [-0.2, -0.15) is 5.10 Å². The molecule has 1 aliphatic heterocycles. The Bertz CT molecular complexity index is 1080. The van der Waals surface area contributed by atoms with E-state index in [0.717, 1.165) is 69.4 Å². The van der Waals surface area contributed by atoms with Gasteiger partial charge in [0.25, 0.3) is 0 Å². The van der Waals surface area contributed by atoms with Crippen LogP contribution in [0.3, 0.4) is 0 Å². The average Bonchev–Trinajstić information content (AvgIpc) is 3.38. The number of carbonyl (C=O) groups is 1. The smallest absolute Gasteiger partial charge is 0.223 e. The average molecular weight is 479 g/mol. The zero-order valence-corrected chi connectivity index (χ0v) is 21.4. The number of amides is 1. The number of carbonyl (C=O) groups excluding carboxylic acids is 1. The number of piperidine rings is 1. The molecule has 5 nitrogen and oxygen atoms in total. The Morgan fingerprint density at radius 3 is 2.69 bits per heavy atom. The first-order chi connectivity index (χ1) is 16.9. The van der Waals surface area contributed by atoms with E-state index in [1.54, 1.807) is 12.1 Å². The second-order valence-electron chi connectivity index (χ2n) is 11.3. The summed E-state index contributed by atoms with van der Waals surface area (Å²) in [5.74, 6) is 0.742. The maximum atomic E-state index is 13.4. The van der Waals surface area contributed by atoms with Gasteiger partial charge in [-0.05, 0) is 112 Å². The lowest BCUT2D eigenvalue weighted by atomic mass is 9.68. The molecular weight excluding hydrogens is 439 g/mol. The minimum atomic E-state index is -0.233. The summed E-state index contributed by atoms with van der Waals surface area (Å²) in [4.78, 5) is 15.4. The molecule has 35 heavy (non-hydrogen) atoms. The van der Waals surface area contributed by atoms with E-state index in [-0.39, 0.29) is 29.1 Å². The number of allylic oxidation sites excluding steroid dienone is 1. The standard InChI is InChI=1S/C29H39FN4O/c1-4-5-25(32-28(35)20-12-14-33(3)15-13-20)16-22-6-7-23-17-27-21(18-29(22,23)2)19-31-34(27)26-10-8-24(30)9-11-26/h8-11,17,19-20,22,25H,4-7,12-16,18H2,1-3H3,(H,32,35). The fourth-order valence-corrected chi connectivity index (χ4v) is 6.63. The Morgan fingerprint density at radius 2 is 1.97 bits per heavy atom. The van der Waals surface area contributed by atoms with Gasteiger partial charge in [0.15, 0.2) is 0 Å². The summed E-state index contributed by atoms with van der Waals surface area (Å²) in [6, 6.07) is 6.80. The summed E-state index contributed by atoms with van der Waals surface area (Å²) >= 11 is 0. The first-order valence-electron chi connectivity index (χ1n) is 13.4. The minimum Gasteiger partial charge on any atom is -0.353 e. The predicted molar refractivity (Wildman–Crippen MR) is 138 cm³/mol. The molecule has 1 saturated heterocycles. The summed E-state index contributed by atoms with van der Waals surface area (Å²) in [5.41, 5.74) is 4.88. The molecule has 2 fully saturated rings. The maximum absolute atomic E-state index is 13.4. The van der Waals surface area contributed by atoms with Crippen LogP contribution in [0.2, 0.25) is 0 Å². The van der Waals surface area contributed by atoms with Crippen LogP contribution < -0.4 is 5.32 Å². The van der Waals surface area contributed by atoms with Crippen molar-refractivity contribution >= 4 is 12.0 Å². The molecule has 5 rings (SSSR count). The van der Waals surface area contributed by atoms with Crippen LogP contribution >= 0.6 is 0 Å². The Labute approximate surface area is 208 Å². The van der Waals surface area contributed by atoms with Gasteiger partial charge in [0.1, 0.15) is 5.82 Å². The molecule has 0 spiro atoms. The van der Waals surface area contributed by atoms with Gasteiger partial charge in [0.2, 0.25) is 5.91 Å². The van der Waals surface area contributed by atoms with Crippen molar-refractivity contribution in [1.82, 2.24) is 20.0 Å². The number of likely N-dealkylation sites (tertiary alicyclic amines) is 1. The van der Waals surface area contributed by atoms with Gasteiger partial charge in [-0.1, -0.05) is 25.8 Å². The summed E-state index contributed by atoms with van der Waals surface area (Å²) in [6.07, 6.45) is 12.7. The number of rotatable bonds is 7. The Hall–Kier alpha value is -2.47. The maximum Gasteiger partial charge on any atom is 0.223 e. The van der Waals surface area contributed by atoms with Crippen molar-refractivity contribution in [1.29, 1.82) is 0 Å². The molecule has 2 heterocycles. The summed E-state index contributed by atoms with van der Waals surface area (Å²) in [5, 5.41) is 8.12. The highest BCUT2D eigenvalue weighted by molar-refractivity contribution is 5.79. The number of halogens is 1. The van der Waals surface area contributed by atoms with Crippen LogP contribution in [-0.4, -0.2) is 46.8 Å². The molecule has 1 aromatic carbocycles. The number of nitrogens with zero attached hydrogens (tertiary/aromatic N) is 3. The highest BCUT2D eigenvalue weighted by Crippen LogP contribution is 2.54. The van der Waals surface area contributed by atoms with Crippen LogP contribution in [0.1, 0.15) is 70.1 Å². The monoisotopic (exact) mass is 478 g/mol. The van der Waals surface area contributed by atoms with Gasteiger partial charge >= 0.3 is 0 Å². The normalized spacial score (nSPS) is 25.6. The molecule has 6 heteroatoms. The van der Waals surface area contributed by atoms with E-state index in [1.807, 2.05) is 10.9 Å². The molecule has 0 radical (unpaired) electrons. The molecular formula is C29H39FN4O. The quantitative estimate of drug-likeness (QED) is 0.581.